The molecule has 0 radical (unpaired) electrons. The van der Waals surface area contributed by atoms with Gasteiger partial charge in [-0.2, -0.15) is 0 Å². The van der Waals surface area contributed by atoms with Crippen LogP contribution in [0.15, 0.2) is 46.9 Å². The minimum Gasteiger partial charge on any atom is -0.308 e. The second-order valence-electron chi connectivity index (χ2n) is 3.69. The minimum absolute atomic E-state index is 0.332. The average molecular weight is 451 g/mol. The van der Waals surface area contributed by atoms with Gasteiger partial charge in [-0.05, 0) is 68.9 Å². The molecular weight excluding hydrogens is 442 g/mol. The normalized spacial score (nSPS) is 10.1. The molecule has 0 spiro atoms. The van der Waals surface area contributed by atoms with Crippen molar-refractivity contribution in [3.05, 3.63) is 55.5 Å². The van der Waals surface area contributed by atoms with E-state index >= 15 is 0 Å². The van der Waals surface area contributed by atoms with E-state index in [9.17, 15) is 4.79 Å². The Kier molecular flexibility index (Phi) is 5.06. The Morgan fingerprint density at radius 1 is 1.16 bits per heavy atom. The molecule has 6 heteroatoms. The Labute approximate surface area is 138 Å². The fraction of sp³-hybridized carbons (Fsp3) is 0. The summed E-state index contributed by atoms with van der Waals surface area (Å²) in [5.41, 5.74) is 1.28. The van der Waals surface area contributed by atoms with Crippen LogP contribution in [0.25, 0.3) is 0 Å². The second kappa shape index (κ2) is 6.58. The fourth-order valence-electron chi connectivity index (χ4n) is 1.42. The third-order valence-electron chi connectivity index (χ3n) is 2.30. The van der Waals surface area contributed by atoms with Crippen LogP contribution in [-0.4, -0.2) is 6.03 Å². The molecule has 0 fully saturated rings. The standard InChI is InChI=1S/C13H9BrClIN2O/c14-9-7-8(5-6-11(9)16)17-13(19)18-12-4-2-1-3-10(12)15/h1-7H,(H2,17,18,19). The van der Waals surface area contributed by atoms with Crippen LogP contribution in [0.2, 0.25) is 5.02 Å². The van der Waals surface area contributed by atoms with Crippen molar-refractivity contribution >= 4 is 67.5 Å². The summed E-state index contributed by atoms with van der Waals surface area (Å²) in [6.45, 7) is 0. The molecule has 0 saturated heterocycles. The highest BCUT2D eigenvalue weighted by Gasteiger charge is 2.06. The van der Waals surface area contributed by atoms with Crippen LogP contribution in [0.5, 0.6) is 0 Å². The Hall–Kier alpha value is -0.790. The Balaban J connectivity index is 2.05. The van der Waals surface area contributed by atoms with E-state index in [4.69, 9.17) is 11.6 Å². The van der Waals surface area contributed by atoms with Crippen LogP contribution in [0.1, 0.15) is 0 Å². The molecule has 2 N–H and O–H groups in total. The van der Waals surface area contributed by atoms with Crippen LogP contribution in [0.3, 0.4) is 0 Å². The van der Waals surface area contributed by atoms with E-state index in [1.165, 1.54) is 0 Å². The number of rotatable bonds is 2. The van der Waals surface area contributed by atoms with E-state index in [0.29, 0.717) is 16.4 Å². The van der Waals surface area contributed by atoms with Gasteiger partial charge in [-0.3, -0.25) is 0 Å². The van der Waals surface area contributed by atoms with Crippen LogP contribution >= 0.6 is 50.1 Å². The van der Waals surface area contributed by atoms with Gasteiger partial charge in [0.15, 0.2) is 0 Å². The molecule has 0 atom stereocenters. The molecule has 0 saturated carbocycles. The molecule has 2 aromatic rings. The van der Waals surface area contributed by atoms with E-state index < -0.39 is 0 Å². The van der Waals surface area contributed by atoms with Crippen LogP contribution in [0, 0.1) is 3.57 Å². The van der Waals surface area contributed by atoms with Crippen molar-refractivity contribution in [2.24, 2.45) is 0 Å². The molecule has 0 unspecified atom stereocenters. The molecule has 98 valence electrons. The highest BCUT2D eigenvalue weighted by molar-refractivity contribution is 14.1. The average Bonchev–Trinajstić information content (AvgIpc) is 2.37. The maximum atomic E-state index is 11.8. The zero-order chi connectivity index (χ0) is 13.8. The molecular formula is C13H9BrClIN2O. The van der Waals surface area contributed by atoms with Crippen molar-refractivity contribution in [1.82, 2.24) is 0 Å². The Morgan fingerprint density at radius 2 is 1.89 bits per heavy atom. The number of urea groups is 1. The summed E-state index contributed by atoms with van der Waals surface area (Å²) in [5, 5.41) is 5.94. The lowest BCUT2D eigenvalue weighted by molar-refractivity contribution is 0.262. The quantitative estimate of drug-likeness (QED) is 0.594. The highest BCUT2D eigenvalue weighted by Crippen LogP contribution is 2.24. The predicted octanol–water partition coefficient (Wildman–Crippen LogP) is 5.35. The summed E-state index contributed by atoms with van der Waals surface area (Å²) in [6, 6.07) is 12.3. The smallest absolute Gasteiger partial charge is 0.308 e. The number of carbonyl (C=O) groups is 1. The third-order valence-corrected chi connectivity index (χ3v) is 4.97. The summed E-state index contributed by atoms with van der Waals surface area (Å²) in [4.78, 5) is 11.8. The van der Waals surface area contributed by atoms with Crippen molar-refractivity contribution in [1.29, 1.82) is 0 Å². The number of benzene rings is 2. The molecule has 0 aliphatic rings. The summed E-state index contributed by atoms with van der Waals surface area (Å²) >= 11 is 11.6. The van der Waals surface area contributed by atoms with Crippen molar-refractivity contribution in [2.45, 2.75) is 0 Å². The van der Waals surface area contributed by atoms with Gasteiger partial charge in [-0.25, -0.2) is 4.79 Å². The Morgan fingerprint density at radius 3 is 2.58 bits per heavy atom. The largest absolute Gasteiger partial charge is 0.323 e. The van der Waals surface area contributed by atoms with Gasteiger partial charge in [-0.15, -0.1) is 0 Å². The van der Waals surface area contributed by atoms with Gasteiger partial charge in [-0.1, -0.05) is 23.7 Å². The van der Waals surface area contributed by atoms with Gasteiger partial charge in [0.2, 0.25) is 0 Å². The number of amides is 2. The van der Waals surface area contributed by atoms with Crippen LogP contribution in [-0.2, 0) is 0 Å². The van der Waals surface area contributed by atoms with E-state index in [1.807, 2.05) is 30.3 Å². The lowest BCUT2D eigenvalue weighted by Crippen LogP contribution is -2.19. The molecule has 2 aromatic carbocycles. The van der Waals surface area contributed by atoms with Crippen molar-refractivity contribution in [2.75, 3.05) is 10.6 Å². The lowest BCUT2D eigenvalue weighted by Gasteiger charge is -2.09. The number of para-hydroxylation sites is 1. The topological polar surface area (TPSA) is 41.1 Å². The summed E-state index contributed by atoms with van der Waals surface area (Å²) < 4.78 is 2.01. The molecule has 0 aliphatic carbocycles. The molecule has 3 nitrogen and oxygen atoms in total. The molecule has 19 heavy (non-hydrogen) atoms. The minimum atomic E-state index is -0.332. The van der Waals surface area contributed by atoms with Crippen LogP contribution in [0.4, 0.5) is 16.2 Å². The van der Waals surface area contributed by atoms with E-state index in [-0.39, 0.29) is 6.03 Å². The first kappa shape index (κ1) is 14.6. The number of anilines is 2. The number of hydrogen-bond donors (Lipinski definition) is 2. The van der Waals surface area contributed by atoms with Gasteiger partial charge >= 0.3 is 6.03 Å². The molecule has 0 bridgehead atoms. The molecule has 2 rings (SSSR count). The second-order valence-corrected chi connectivity index (χ2v) is 6.11. The predicted molar refractivity (Wildman–Crippen MR) is 91.0 cm³/mol. The van der Waals surface area contributed by atoms with Gasteiger partial charge in [0.1, 0.15) is 0 Å². The number of halogens is 3. The summed E-state index contributed by atoms with van der Waals surface area (Å²) in [7, 11) is 0. The van der Waals surface area contributed by atoms with Crippen LogP contribution < -0.4 is 10.6 Å². The van der Waals surface area contributed by atoms with Gasteiger partial charge < -0.3 is 10.6 Å². The third kappa shape index (κ3) is 4.09. The Bertz CT molecular complexity index is 621. The van der Waals surface area contributed by atoms with Crippen molar-refractivity contribution in [3.8, 4) is 0 Å². The number of hydrogen-bond acceptors (Lipinski definition) is 1. The van der Waals surface area contributed by atoms with E-state index in [2.05, 4.69) is 49.2 Å². The van der Waals surface area contributed by atoms with Gasteiger partial charge in [0.05, 0.1) is 10.7 Å². The fourth-order valence-corrected chi connectivity index (χ4v) is 2.32. The first-order valence-electron chi connectivity index (χ1n) is 5.34. The molecule has 0 aliphatic heterocycles. The van der Waals surface area contributed by atoms with E-state index in [1.54, 1.807) is 12.1 Å². The zero-order valence-electron chi connectivity index (χ0n) is 9.58. The van der Waals surface area contributed by atoms with Gasteiger partial charge in [0.25, 0.3) is 0 Å². The van der Waals surface area contributed by atoms with Crippen molar-refractivity contribution < 1.29 is 4.79 Å². The lowest BCUT2D eigenvalue weighted by atomic mass is 10.3. The maximum Gasteiger partial charge on any atom is 0.323 e. The summed E-state index contributed by atoms with van der Waals surface area (Å²) in [5.74, 6) is 0. The molecule has 0 heterocycles. The molecule has 2 amide bonds. The number of nitrogens with one attached hydrogen (secondary N) is 2. The maximum absolute atomic E-state index is 11.8. The summed E-state index contributed by atoms with van der Waals surface area (Å²) in [6.07, 6.45) is 0. The van der Waals surface area contributed by atoms with Crippen molar-refractivity contribution in [3.63, 3.8) is 0 Å². The van der Waals surface area contributed by atoms with E-state index in [0.717, 1.165) is 8.04 Å². The highest BCUT2D eigenvalue weighted by atomic mass is 127. The number of carbonyl (C=O) groups excluding carboxylic acids is 1. The molecule has 0 aromatic heterocycles. The monoisotopic (exact) mass is 450 g/mol. The SMILES string of the molecule is O=C(Nc1ccc(I)c(Br)c1)Nc1ccccc1Cl. The zero-order valence-corrected chi connectivity index (χ0v) is 14.1. The first-order valence-corrected chi connectivity index (χ1v) is 7.59. The first-order chi connectivity index (χ1) is 9.06. The van der Waals surface area contributed by atoms with Gasteiger partial charge in [0, 0.05) is 13.7 Å².